The molecule has 0 aliphatic rings. The van der Waals surface area contributed by atoms with Gasteiger partial charge in [0.25, 0.3) is 6.49 Å². The normalized spacial score (nSPS) is 13.2. The van der Waals surface area contributed by atoms with Gasteiger partial charge in [-0.3, -0.25) is 0 Å². The molecule has 32 heavy (non-hydrogen) atoms. The van der Waals surface area contributed by atoms with Gasteiger partial charge in [0.2, 0.25) is 0 Å². The summed E-state index contributed by atoms with van der Waals surface area (Å²) in [6.07, 6.45) is 8.12. The van der Waals surface area contributed by atoms with Crippen molar-refractivity contribution in [1.82, 2.24) is 0 Å². The zero-order valence-electron chi connectivity index (χ0n) is 19.3. The maximum atomic E-state index is 15.6. The van der Waals surface area contributed by atoms with Crippen molar-refractivity contribution in [2.45, 2.75) is 84.1 Å². The highest BCUT2D eigenvalue weighted by Crippen LogP contribution is 2.66. The van der Waals surface area contributed by atoms with Crippen LogP contribution in [0.15, 0.2) is 60.7 Å². The molecule has 0 saturated carbocycles. The molecule has 2 rings (SSSR count). The highest BCUT2D eigenvalue weighted by Gasteiger charge is 2.52. The summed E-state index contributed by atoms with van der Waals surface area (Å²) >= 11 is 5.48. The number of alkyl halides is 2. The van der Waals surface area contributed by atoms with Gasteiger partial charge in [-0.2, -0.15) is 8.78 Å². The Kier molecular flexibility index (Phi) is 12.0. The summed E-state index contributed by atoms with van der Waals surface area (Å²) in [4.78, 5) is 0. The van der Waals surface area contributed by atoms with Gasteiger partial charge >= 0.3 is 5.66 Å². The summed E-state index contributed by atoms with van der Waals surface area (Å²) in [5.74, 6) is -0.893. The third-order valence-corrected chi connectivity index (χ3v) is 9.16. The number of halogens is 2. The predicted molar refractivity (Wildman–Crippen MR) is 133 cm³/mol. The van der Waals surface area contributed by atoms with Crippen molar-refractivity contribution in [3.63, 3.8) is 0 Å². The first-order valence-corrected chi connectivity index (χ1v) is 14.4. The SMILES string of the molecule is CCCCCCCCCC(C)C(F)(F)P(=S)(OCc1ccccc1)OCc1ccccc1. The van der Waals surface area contributed by atoms with Gasteiger partial charge < -0.3 is 9.05 Å². The van der Waals surface area contributed by atoms with Crippen LogP contribution in [0.1, 0.15) is 76.3 Å². The first-order chi connectivity index (χ1) is 15.4. The fourth-order valence-corrected chi connectivity index (χ4v) is 6.11. The molecule has 2 aromatic carbocycles. The Hall–Kier alpha value is -1.13. The molecule has 0 aliphatic heterocycles. The molecular formula is C26H37F2O2PS. The van der Waals surface area contributed by atoms with E-state index < -0.39 is 18.1 Å². The van der Waals surface area contributed by atoms with Crippen molar-refractivity contribution in [3.8, 4) is 0 Å². The predicted octanol–water partition coefficient (Wildman–Crippen LogP) is 9.10. The molecule has 0 heterocycles. The van der Waals surface area contributed by atoms with Gasteiger partial charge in [0.05, 0.1) is 13.2 Å². The molecule has 178 valence electrons. The fourth-order valence-electron chi connectivity index (χ4n) is 3.53. The quantitative estimate of drug-likeness (QED) is 0.176. The molecule has 2 nitrogen and oxygen atoms in total. The van der Waals surface area contributed by atoms with E-state index in [1.54, 1.807) is 6.92 Å². The lowest BCUT2D eigenvalue weighted by atomic mass is 10.0. The maximum Gasteiger partial charge on any atom is 0.323 e. The number of hydrogen-bond acceptors (Lipinski definition) is 3. The minimum atomic E-state index is -3.88. The lowest BCUT2D eigenvalue weighted by Crippen LogP contribution is -2.28. The lowest BCUT2D eigenvalue weighted by Gasteiger charge is -2.34. The molecule has 0 radical (unpaired) electrons. The average molecular weight is 483 g/mol. The summed E-state index contributed by atoms with van der Waals surface area (Å²) in [6.45, 7) is -0.0713. The standard InChI is InChI=1S/C26H37F2O2PS/c1-3-4-5-6-7-8-11-16-23(2)26(27,28)31(32,29-21-24-17-12-9-13-18-24)30-22-25-19-14-10-15-20-25/h9-10,12-15,17-20,23H,3-8,11,16,21-22H2,1-2H3. The molecule has 0 aromatic heterocycles. The molecule has 2 aromatic rings. The van der Waals surface area contributed by atoms with Gasteiger partial charge in [-0.25, -0.2) is 0 Å². The summed E-state index contributed by atoms with van der Waals surface area (Å²) in [5, 5.41) is 0. The van der Waals surface area contributed by atoms with E-state index in [0.29, 0.717) is 6.42 Å². The van der Waals surface area contributed by atoms with Crippen molar-refractivity contribution >= 4 is 18.3 Å². The number of hydrogen-bond donors (Lipinski definition) is 0. The van der Waals surface area contributed by atoms with Crippen LogP contribution in [0.4, 0.5) is 8.78 Å². The van der Waals surface area contributed by atoms with E-state index in [1.165, 1.54) is 25.7 Å². The third-order valence-electron chi connectivity index (χ3n) is 5.69. The second kappa shape index (κ2) is 14.2. The molecular weight excluding hydrogens is 445 g/mol. The summed E-state index contributed by atoms with van der Waals surface area (Å²) in [6, 6.07) is 18.6. The molecule has 0 bridgehead atoms. The Labute approximate surface area is 197 Å². The fraction of sp³-hybridized carbons (Fsp3) is 0.538. The molecule has 0 N–H and O–H groups in total. The number of benzene rings is 2. The van der Waals surface area contributed by atoms with Gasteiger partial charge in [0.1, 0.15) is 0 Å². The topological polar surface area (TPSA) is 18.5 Å². The van der Waals surface area contributed by atoms with Crippen LogP contribution in [-0.4, -0.2) is 5.66 Å². The van der Waals surface area contributed by atoms with Crippen LogP contribution in [0.25, 0.3) is 0 Å². The Morgan fingerprint density at radius 2 is 1.22 bits per heavy atom. The van der Waals surface area contributed by atoms with Gasteiger partial charge in [-0.1, -0.05) is 119 Å². The van der Waals surface area contributed by atoms with E-state index in [1.807, 2.05) is 60.7 Å². The van der Waals surface area contributed by atoms with Crippen LogP contribution in [0.5, 0.6) is 0 Å². The van der Waals surface area contributed by atoms with Gasteiger partial charge in [0, 0.05) is 5.92 Å². The van der Waals surface area contributed by atoms with Gasteiger partial charge in [-0.05, 0) is 29.4 Å². The van der Waals surface area contributed by atoms with Crippen LogP contribution < -0.4 is 0 Å². The van der Waals surface area contributed by atoms with Crippen LogP contribution in [0.2, 0.25) is 0 Å². The summed E-state index contributed by atoms with van der Waals surface area (Å²) in [5.41, 5.74) is -1.59. The van der Waals surface area contributed by atoms with E-state index in [9.17, 15) is 0 Å². The molecule has 1 atom stereocenters. The number of rotatable bonds is 16. The van der Waals surface area contributed by atoms with Crippen molar-refractivity contribution in [3.05, 3.63) is 71.8 Å². The van der Waals surface area contributed by atoms with E-state index >= 15 is 8.78 Å². The maximum absolute atomic E-state index is 15.6. The Morgan fingerprint density at radius 3 is 1.69 bits per heavy atom. The van der Waals surface area contributed by atoms with E-state index in [-0.39, 0.29) is 13.2 Å². The third kappa shape index (κ3) is 8.67. The Bertz CT molecular complexity index is 754. The van der Waals surface area contributed by atoms with Crippen LogP contribution >= 0.6 is 6.49 Å². The highest BCUT2D eigenvalue weighted by molar-refractivity contribution is 8.10. The van der Waals surface area contributed by atoms with Crippen molar-refractivity contribution in [2.24, 2.45) is 5.92 Å². The molecule has 0 saturated heterocycles. The van der Waals surface area contributed by atoms with Crippen molar-refractivity contribution < 1.29 is 17.8 Å². The van der Waals surface area contributed by atoms with E-state index in [0.717, 1.165) is 30.4 Å². The minimum Gasteiger partial charge on any atom is -0.320 e. The van der Waals surface area contributed by atoms with Gasteiger partial charge in [-0.15, -0.1) is 0 Å². The molecule has 0 aliphatic carbocycles. The average Bonchev–Trinajstić information content (AvgIpc) is 2.82. The monoisotopic (exact) mass is 482 g/mol. The summed E-state index contributed by atoms with van der Waals surface area (Å²) in [7, 11) is 0. The molecule has 0 spiro atoms. The first kappa shape index (κ1) is 27.1. The van der Waals surface area contributed by atoms with E-state index in [4.69, 9.17) is 20.9 Å². The first-order valence-electron chi connectivity index (χ1n) is 11.7. The van der Waals surface area contributed by atoms with Crippen molar-refractivity contribution in [2.75, 3.05) is 0 Å². The van der Waals surface area contributed by atoms with Crippen LogP contribution in [0.3, 0.4) is 0 Å². The largest absolute Gasteiger partial charge is 0.323 e. The van der Waals surface area contributed by atoms with Crippen LogP contribution in [0, 0.1) is 5.92 Å². The Morgan fingerprint density at radius 1 is 0.781 bits per heavy atom. The molecule has 0 fully saturated rings. The molecule has 6 heteroatoms. The van der Waals surface area contributed by atoms with E-state index in [2.05, 4.69) is 6.92 Å². The molecule has 0 amide bonds. The smallest absolute Gasteiger partial charge is 0.320 e. The lowest BCUT2D eigenvalue weighted by molar-refractivity contribution is 0.000920. The minimum absolute atomic E-state index is 0.0205. The molecule has 1 unspecified atom stereocenters. The Balaban J connectivity index is 2.01. The second-order valence-corrected chi connectivity index (χ2v) is 12.0. The van der Waals surface area contributed by atoms with Gasteiger partial charge in [0.15, 0.2) is 0 Å². The zero-order valence-corrected chi connectivity index (χ0v) is 21.1. The highest BCUT2D eigenvalue weighted by atomic mass is 32.5. The second-order valence-electron chi connectivity index (χ2n) is 8.41. The van der Waals surface area contributed by atoms with Crippen molar-refractivity contribution in [1.29, 1.82) is 0 Å². The van der Waals surface area contributed by atoms with Crippen LogP contribution in [-0.2, 0) is 34.1 Å². The summed E-state index contributed by atoms with van der Waals surface area (Å²) < 4.78 is 42.8. The number of unbranched alkanes of at least 4 members (excludes halogenated alkanes) is 6. The zero-order chi connectivity index (χ0) is 23.3.